The number of benzene rings is 3. The fourth-order valence-corrected chi connectivity index (χ4v) is 4.95. The molecule has 2 aliphatic rings. The molecule has 0 atom stereocenters. The van der Waals surface area contributed by atoms with Gasteiger partial charge in [0.25, 0.3) is 0 Å². The second-order valence-corrected chi connectivity index (χ2v) is 8.87. The molecule has 9 heteroatoms. The van der Waals surface area contributed by atoms with Crippen LogP contribution in [0.15, 0.2) is 66.7 Å². The zero-order valence-electron chi connectivity index (χ0n) is 18.9. The zero-order valence-corrected chi connectivity index (χ0v) is 18.9. The number of carbonyl (C=O) groups excluding carboxylic acids is 2. The Bertz CT molecular complexity index is 1530. The SMILES string of the molecule is O=C1c2ccccc2C(=O)c2c1nnn2-c1ccc(-c2cccc(N3CCCC3)c2)c(C(F)(F)F)c1. The second-order valence-electron chi connectivity index (χ2n) is 8.87. The highest BCUT2D eigenvalue weighted by Crippen LogP contribution is 2.40. The van der Waals surface area contributed by atoms with E-state index in [9.17, 15) is 22.8 Å². The van der Waals surface area contributed by atoms with Crippen molar-refractivity contribution in [3.8, 4) is 16.8 Å². The van der Waals surface area contributed by atoms with E-state index in [0.29, 0.717) is 5.56 Å². The molecule has 0 N–H and O–H groups in total. The van der Waals surface area contributed by atoms with E-state index in [4.69, 9.17) is 0 Å². The number of halogens is 3. The third-order valence-corrected chi connectivity index (χ3v) is 6.70. The van der Waals surface area contributed by atoms with Gasteiger partial charge in [-0.2, -0.15) is 13.2 Å². The average molecular weight is 488 g/mol. The molecular formula is C27H19F3N4O2. The van der Waals surface area contributed by atoms with Crippen molar-refractivity contribution < 1.29 is 22.8 Å². The molecule has 1 saturated heterocycles. The van der Waals surface area contributed by atoms with Crippen molar-refractivity contribution in [2.45, 2.75) is 19.0 Å². The number of hydrogen-bond acceptors (Lipinski definition) is 5. The largest absolute Gasteiger partial charge is 0.417 e. The lowest BCUT2D eigenvalue weighted by molar-refractivity contribution is -0.137. The average Bonchev–Trinajstić information content (AvgIpc) is 3.58. The first-order valence-electron chi connectivity index (χ1n) is 11.5. The van der Waals surface area contributed by atoms with Gasteiger partial charge in [0.15, 0.2) is 5.69 Å². The van der Waals surface area contributed by atoms with Crippen LogP contribution in [0.5, 0.6) is 0 Å². The summed E-state index contributed by atoms with van der Waals surface area (Å²) in [5.74, 6) is -1.00. The number of rotatable bonds is 3. The highest BCUT2D eigenvalue weighted by Gasteiger charge is 2.37. The number of nitrogens with zero attached hydrogens (tertiary/aromatic N) is 4. The third-order valence-electron chi connectivity index (χ3n) is 6.70. The van der Waals surface area contributed by atoms with E-state index < -0.39 is 23.3 Å². The molecular weight excluding hydrogens is 469 g/mol. The predicted octanol–water partition coefficient (Wildman–Crippen LogP) is 5.33. The minimum absolute atomic E-state index is 0.00365. The number of ketones is 2. The molecule has 1 fully saturated rings. The molecule has 6 nitrogen and oxygen atoms in total. The van der Waals surface area contributed by atoms with Gasteiger partial charge in [-0.05, 0) is 48.2 Å². The van der Waals surface area contributed by atoms with Crippen LogP contribution in [0.2, 0.25) is 0 Å². The van der Waals surface area contributed by atoms with Gasteiger partial charge in [-0.1, -0.05) is 47.7 Å². The number of hydrogen-bond donors (Lipinski definition) is 0. The Kier molecular flexibility index (Phi) is 5.03. The Morgan fingerprint density at radius 1 is 0.750 bits per heavy atom. The number of fused-ring (bicyclic) bond motifs is 2. The molecule has 1 aliphatic carbocycles. The Morgan fingerprint density at radius 3 is 2.19 bits per heavy atom. The number of aromatic nitrogens is 3. The normalized spacial score (nSPS) is 15.2. The predicted molar refractivity (Wildman–Crippen MR) is 127 cm³/mol. The maximum atomic E-state index is 14.3. The smallest absolute Gasteiger partial charge is 0.372 e. The molecule has 180 valence electrons. The van der Waals surface area contributed by atoms with Crippen LogP contribution < -0.4 is 4.90 Å². The van der Waals surface area contributed by atoms with E-state index in [2.05, 4.69) is 15.2 Å². The molecule has 36 heavy (non-hydrogen) atoms. The molecule has 2 heterocycles. The van der Waals surface area contributed by atoms with E-state index in [1.807, 2.05) is 6.07 Å². The Labute approximate surface area is 204 Å². The van der Waals surface area contributed by atoms with Crippen LogP contribution in [0, 0.1) is 0 Å². The van der Waals surface area contributed by atoms with Crippen LogP contribution in [0.3, 0.4) is 0 Å². The van der Waals surface area contributed by atoms with E-state index >= 15 is 0 Å². The van der Waals surface area contributed by atoms with Gasteiger partial charge in [0.05, 0.1) is 11.3 Å². The number of anilines is 1. The van der Waals surface area contributed by atoms with Crippen LogP contribution in [0.25, 0.3) is 16.8 Å². The first kappa shape index (κ1) is 22.2. The summed E-state index contributed by atoms with van der Waals surface area (Å²) in [6.45, 7) is 1.75. The summed E-state index contributed by atoms with van der Waals surface area (Å²) in [6.07, 6.45) is -2.55. The van der Waals surface area contributed by atoms with Crippen LogP contribution in [-0.2, 0) is 6.18 Å². The molecule has 4 aromatic rings. The summed E-state index contributed by atoms with van der Waals surface area (Å²) < 4.78 is 43.8. The Hall–Kier alpha value is -4.27. The maximum absolute atomic E-state index is 14.3. The van der Waals surface area contributed by atoms with E-state index in [-0.39, 0.29) is 33.8 Å². The number of alkyl halides is 3. The zero-order chi connectivity index (χ0) is 25.0. The highest BCUT2D eigenvalue weighted by molar-refractivity contribution is 6.27. The topological polar surface area (TPSA) is 68.1 Å². The molecule has 6 rings (SSSR count). The van der Waals surface area contributed by atoms with Gasteiger partial charge in [-0.15, -0.1) is 5.10 Å². The lowest BCUT2D eigenvalue weighted by Crippen LogP contribution is -2.23. The minimum Gasteiger partial charge on any atom is -0.372 e. The molecule has 0 unspecified atom stereocenters. The van der Waals surface area contributed by atoms with Crippen LogP contribution in [0.4, 0.5) is 18.9 Å². The second kappa shape index (κ2) is 8.15. The molecule has 0 amide bonds. The first-order chi connectivity index (χ1) is 17.3. The lowest BCUT2D eigenvalue weighted by Gasteiger charge is -2.20. The summed E-state index contributed by atoms with van der Waals surface area (Å²) in [4.78, 5) is 28.2. The summed E-state index contributed by atoms with van der Waals surface area (Å²) in [5.41, 5.74) is 0.541. The molecule has 1 aliphatic heterocycles. The van der Waals surface area contributed by atoms with Crippen molar-refractivity contribution in [1.82, 2.24) is 15.0 Å². The number of carbonyl (C=O) groups is 2. The summed E-state index contributed by atoms with van der Waals surface area (Å²) in [5, 5.41) is 7.74. The van der Waals surface area contributed by atoms with Gasteiger partial charge in [0, 0.05) is 29.9 Å². The highest BCUT2D eigenvalue weighted by atomic mass is 19.4. The molecule has 0 saturated carbocycles. The molecule has 0 radical (unpaired) electrons. The van der Waals surface area contributed by atoms with Gasteiger partial charge < -0.3 is 4.90 Å². The molecule has 3 aromatic carbocycles. The maximum Gasteiger partial charge on any atom is 0.417 e. The van der Waals surface area contributed by atoms with E-state index in [0.717, 1.165) is 42.4 Å². The molecule has 1 aromatic heterocycles. The quantitative estimate of drug-likeness (QED) is 0.344. The monoisotopic (exact) mass is 488 g/mol. The van der Waals surface area contributed by atoms with Gasteiger partial charge in [0.1, 0.15) is 5.69 Å². The lowest BCUT2D eigenvalue weighted by atomic mass is 9.90. The first-order valence-corrected chi connectivity index (χ1v) is 11.5. The van der Waals surface area contributed by atoms with Crippen LogP contribution >= 0.6 is 0 Å². The van der Waals surface area contributed by atoms with Crippen molar-refractivity contribution in [3.05, 3.63) is 94.8 Å². The van der Waals surface area contributed by atoms with Crippen LogP contribution in [-0.4, -0.2) is 39.6 Å². The summed E-state index contributed by atoms with van der Waals surface area (Å²) in [6, 6.07) is 17.1. The minimum atomic E-state index is -4.66. The van der Waals surface area contributed by atoms with Crippen molar-refractivity contribution in [2.24, 2.45) is 0 Å². The van der Waals surface area contributed by atoms with Crippen LogP contribution in [0.1, 0.15) is 50.5 Å². The third kappa shape index (κ3) is 3.50. The fourth-order valence-electron chi connectivity index (χ4n) is 4.95. The fraction of sp³-hybridized carbons (Fsp3) is 0.185. The Morgan fingerprint density at radius 2 is 1.47 bits per heavy atom. The molecule has 0 bridgehead atoms. The van der Waals surface area contributed by atoms with Gasteiger partial charge in [-0.25, -0.2) is 4.68 Å². The van der Waals surface area contributed by atoms with Crippen molar-refractivity contribution >= 4 is 17.3 Å². The summed E-state index contributed by atoms with van der Waals surface area (Å²) in [7, 11) is 0. The Balaban J connectivity index is 1.46. The van der Waals surface area contributed by atoms with Crippen molar-refractivity contribution in [1.29, 1.82) is 0 Å². The van der Waals surface area contributed by atoms with Crippen molar-refractivity contribution in [2.75, 3.05) is 18.0 Å². The van der Waals surface area contributed by atoms with Crippen molar-refractivity contribution in [3.63, 3.8) is 0 Å². The standard InChI is InChI=1S/C27H19F3N4O2/c28-27(29,30)22-15-18(10-11-19(22)16-6-5-7-17(14-16)33-12-3-4-13-33)34-24-23(31-32-34)25(35)20-8-1-2-9-21(20)26(24)36/h1-2,5-11,14-15H,3-4,12-13H2. The van der Waals surface area contributed by atoms with E-state index in [1.165, 1.54) is 24.3 Å². The summed E-state index contributed by atoms with van der Waals surface area (Å²) >= 11 is 0. The van der Waals surface area contributed by atoms with Gasteiger partial charge in [0.2, 0.25) is 11.6 Å². The molecule has 0 spiro atoms. The van der Waals surface area contributed by atoms with Gasteiger partial charge >= 0.3 is 6.18 Å². The van der Waals surface area contributed by atoms with E-state index in [1.54, 1.807) is 30.3 Å². The van der Waals surface area contributed by atoms with Gasteiger partial charge in [-0.3, -0.25) is 9.59 Å².